The second-order valence-corrected chi connectivity index (χ2v) is 9.83. The van der Waals surface area contributed by atoms with Gasteiger partial charge in [-0.05, 0) is 43.4 Å². The summed E-state index contributed by atoms with van der Waals surface area (Å²) in [4.78, 5) is 25.2. The van der Waals surface area contributed by atoms with Gasteiger partial charge in [-0.25, -0.2) is 9.97 Å². The topological polar surface area (TPSA) is 61.4 Å². The molecule has 4 aromatic heterocycles. The van der Waals surface area contributed by atoms with Crippen molar-refractivity contribution in [2.24, 2.45) is 0 Å². The smallest absolute Gasteiger partial charge is 0.263 e. The maximum atomic E-state index is 13.4. The van der Waals surface area contributed by atoms with E-state index >= 15 is 0 Å². The number of ether oxygens (including phenoxy) is 1. The van der Waals surface area contributed by atoms with Crippen molar-refractivity contribution in [1.82, 2.24) is 18.9 Å². The quantitative estimate of drug-likeness (QED) is 0.311. The molecule has 9 heteroatoms. The maximum Gasteiger partial charge on any atom is 0.263 e. The van der Waals surface area contributed by atoms with Gasteiger partial charge in [0.2, 0.25) is 0 Å². The first-order valence-corrected chi connectivity index (χ1v) is 12.1. The number of pyridine rings is 1. The molecule has 0 saturated heterocycles. The summed E-state index contributed by atoms with van der Waals surface area (Å²) >= 11 is 9.30. The maximum absolute atomic E-state index is 13.4. The van der Waals surface area contributed by atoms with Crippen LogP contribution in [0.25, 0.3) is 15.9 Å². The number of aryl methyl sites for hydroxylation is 2. The lowest BCUT2D eigenvalue weighted by Gasteiger charge is -2.13. The number of nitrogens with zero attached hydrogens (tertiary/aromatic N) is 4. The Bertz CT molecular complexity index is 1290. The predicted molar refractivity (Wildman–Crippen MR) is 122 cm³/mol. The minimum Gasteiger partial charge on any atom is -0.383 e. The first-order valence-electron chi connectivity index (χ1n) is 9.94. The van der Waals surface area contributed by atoms with Crippen LogP contribution in [0, 0.1) is 0 Å². The van der Waals surface area contributed by atoms with E-state index in [-0.39, 0.29) is 5.56 Å². The highest BCUT2D eigenvalue weighted by molar-refractivity contribution is 7.98. The molecule has 4 heterocycles. The number of imidazole rings is 1. The van der Waals surface area contributed by atoms with E-state index in [0.717, 1.165) is 46.0 Å². The molecule has 1 aliphatic rings. The molecule has 0 aliphatic heterocycles. The van der Waals surface area contributed by atoms with Gasteiger partial charge in [-0.15, -0.1) is 11.3 Å². The van der Waals surface area contributed by atoms with Crippen LogP contribution in [0.1, 0.15) is 29.0 Å². The van der Waals surface area contributed by atoms with Crippen LogP contribution in [-0.4, -0.2) is 32.7 Å². The molecule has 0 amide bonds. The normalized spacial score (nSPS) is 13.9. The van der Waals surface area contributed by atoms with Gasteiger partial charge in [-0.2, -0.15) is 0 Å². The molecule has 0 aromatic carbocycles. The Balaban J connectivity index is 1.52. The van der Waals surface area contributed by atoms with Crippen molar-refractivity contribution in [3.63, 3.8) is 0 Å². The van der Waals surface area contributed by atoms with Crippen molar-refractivity contribution in [3.8, 4) is 0 Å². The largest absolute Gasteiger partial charge is 0.383 e. The minimum atomic E-state index is 0.0562. The van der Waals surface area contributed by atoms with E-state index in [9.17, 15) is 4.79 Å². The Morgan fingerprint density at radius 2 is 2.10 bits per heavy atom. The van der Waals surface area contributed by atoms with E-state index in [0.29, 0.717) is 23.9 Å². The summed E-state index contributed by atoms with van der Waals surface area (Å²) in [6, 6.07) is 3.72. The fraction of sp³-hybridized carbons (Fsp3) is 0.381. The Morgan fingerprint density at radius 1 is 1.23 bits per heavy atom. The number of rotatable bonds is 6. The summed E-state index contributed by atoms with van der Waals surface area (Å²) in [6.07, 6.45) is 8.18. The van der Waals surface area contributed by atoms with Crippen molar-refractivity contribution in [2.45, 2.75) is 43.1 Å². The molecule has 0 fully saturated rings. The molecule has 0 atom stereocenters. The summed E-state index contributed by atoms with van der Waals surface area (Å²) < 4.78 is 8.94. The number of aromatic nitrogens is 4. The highest BCUT2D eigenvalue weighted by atomic mass is 35.5. The van der Waals surface area contributed by atoms with E-state index in [4.69, 9.17) is 21.3 Å². The van der Waals surface area contributed by atoms with Crippen LogP contribution in [0.15, 0.2) is 34.5 Å². The second-order valence-electron chi connectivity index (χ2n) is 7.37. The van der Waals surface area contributed by atoms with Gasteiger partial charge in [0.15, 0.2) is 5.16 Å². The summed E-state index contributed by atoms with van der Waals surface area (Å²) in [5.41, 5.74) is 3.04. The van der Waals surface area contributed by atoms with Crippen molar-refractivity contribution >= 4 is 50.6 Å². The molecule has 0 N–H and O–H groups in total. The van der Waals surface area contributed by atoms with E-state index in [1.165, 1.54) is 28.6 Å². The summed E-state index contributed by atoms with van der Waals surface area (Å²) in [7, 11) is 1.65. The zero-order valence-electron chi connectivity index (χ0n) is 16.6. The van der Waals surface area contributed by atoms with Crippen LogP contribution in [0.2, 0.25) is 5.02 Å². The molecule has 0 radical (unpaired) electrons. The standard InChI is InChI=1S/C21H21ClN4O2S2/c1-28-9-8-26-20(27)18-15-4-2-3-5-16(15)30-19(18)24-21(26)29-12-14-11-25-10-13(22)6-7-17(25)23-14/h6-7,10-11H,2-5,8-9,12H2,1H3. The average molecular weight is 461 g/mol. The number of halogens is 1. The van der Waals surface area contributed by atoms with Crippen molar-refractivity contribution in [1.29, 1.82) is 0 Å². The Morgan fingerprint density at radius 3 is 2.97 bits per heavy atom. The first-order chi connectivity index (χ1) is 14.6. The molecule has 0 unspecified atom stereocenters. The Labute approximate surface area is 186 Å². The molecular weight excluding hydrogens is 440 g/mol. The fourth-order valence-corrected chi connectivity index (χ4v) is 6.31. The highest BCUT2D eigenvalue weighted by Gasteiger charge is 2.22. The van der Waals surface area contributed by atoms with Crippen LogP contribution in [0.3, 0.4) is 0 Å². The third kappa shape index (κ3) is 3.66. The molecular formula is C21H21ClN4O2S2. The van der Waals surface area contributed by atoms with Crippen molar-refractivity contribution in [3.05, 3.63) is 56.0 Å². The molecule has 0 saturated carbocycles. The van der Waals surface area contributed by atoms with Gasteiger partial charge in [0.25, 0.3) is 5.56 Å². The van der Waals surface area contributed by atoms with Crippen LogP contribution < -0.4 is 5.56 Å². The molecule has 5 rings (SSSR count). The number of fused-ring (bicyclic) bond motifs is 4. The zero-order valence-corrected chi connectivity index (χ0v) is 18.9. The SMILES string of the molecule is COCCn1c(SCc2cn3cc(Cl)ccc3n2)nc2sc3c(c2c1=O)CCCC3. The molecule has 1 aliphatic carbocycles. The van der Waals surface area contributed by atoms with Gasteiger partial charge < -0.3 is 9.14 Å². The number of hydrogen-bond acceptors (Lipinski definition) is 6. The molecule has 6 nitrogen and oxygen atoms in total. The Kier molecular flexibility index (Phi) is 5.58. The number of thioether (sulfide) groups is 1. The van der Waals surface area contributed by atoms with Crippen LogP contribution >= 0.6 is 34.7 Å². The van der Waals surface area contributed by atoms with Crippen LogP contribution in [0.4, 0.5) is 0 Å². The third-order valence-corrected chi connectivity index (χ3v) is 7.79. The molecule has 0 spiro atoms. The molecule has 0 bridgehead atoms. The van der Waals surface area contributed by atoms with E-state index in [1.807, 2.05) is 28.9 Å². The first kappa shape index (κ1) is 20.1. The number of thiophene rings is 1. The van der Waals surface area contributed by atoms with E-state index < -0.39 is 0 Å². The van der Waals surface area contributed by atoms with Crippen LogP contribution in [-0.2, 0) is 29.9 Å². The third-order valence-electron chi connectivity index (χ3n) is 5.37. The van der Waals surface area contributed by atoms with Gasteiger partial charge in [-0.1, -0.05) is 23.4 Å². The molecule has 156 valence electrons. The Hall–Kier alpha value is -1.87. The monoisotopic (exact) mass is 460 g/mol. The number of methoxy groups -OCH3 is 1. The molecule has 30 heavy (non-hydrogen) atoms. The summed E-state index contributed by atoms with van der Waals surface area (Å²) in [5, 5.41) is 2.21. The van der Waals surface area contributed by atoms with Crippen molar-refractivity contribution < 1.29 is 4.74 Å². The van der Waals surface area contributed by atoms with Crippen LogP contribution in [0.5, 0.6) is 0 Å². The fourth-order valence-electron chi connectivity index (χ4n) is 3.94. The van der Waals surface area contributed by atoms with Gasteiger partial charge in [0.05, 0.1) is 29.3 Å². The highest BCUT2D eigenvalue weighted by Crippen LogP contribution is 2.35. The number of hydrogen-bond donors (Lipinski definition) is 0. The van der Waals surface area contributed by atoms with Gasteiger partial charge in [0.1, 0.15) is 10.5 Å². The van der Waals surface area contributed by atoms with Gasteiger partial charge in [-0.3, -0.25) is 9.36 Å². The van der Waals surface area contributed by atoms with Gasteiger partial charge >= 0.3 is 0 Å². The van der Waals surface area contributed by atoms with Gasteiger partial charge in [0, 0.05) is 30.1 Å². The predicted octanol–water partition coefficient (Wildman–Crippen LogP) is 4.58. The second kappa shape index (κ2) is 8.34. The van der Waals surface area contributed by atoms with E-state index in [2.05, 4.69) is 4.98 Å². The summed E-state index contributed by atoms with van der Waals surface area (Å²) in [5.74, 6) is 0.620. The average Bonchev–Trinajstić information content (AvgIpc) is 3.31. The summed E-state index contributed by atoms with van der Waals surface area (Å²) in [6.45, 7) is 0.964. The lowest BCUT2D eigenvalue weighted by molar-refractivity contribution is 0.183. The minimum absolute atomic E-state index is 0.0562. The lowest BCUT2D eigenvalue weighted by Crippen LogP contribution is -2.25. The van der Waals surface area contributed by atoms with E-state index in [1.54, 1.807) is 23.0 Å². The lowest BCUT2D eigenvalue weighted by atomic mass is 9.97. The van der Waals surface area contributed by atoms with Crippen molar-refractivity contribution in [2.75, 3.05) is 13.7 Å². The molecule has 4 aromatic rings. The zero-order chi connectivity index (χ0) is 20.7.